The molecule has 73 heavy (non-hydrogen) atoms. The number of halogens is 2. The van der Waals surface area contributed by atoms with Crippen molar-refractivity contribution in [1.82, 2.24) is 29.9 Å². The molecule has 2 heterocycles. The van der Waals surface area contributed by atoms with Crippen molar-refractivity contribution in [2.45, 2.75) is 32.9 Å². The van der Waals surface area contributed by atoms with Gasteiger partial charge in [0, 0.05) is 46.0 Å². The molecule has 2 aromatic heterocycles. The van der Waals surface area contributed by atoms with Crippen molar-refractivity contribution in [2.24, 2.45) is 15.2 Å². The SMILES string of the molecule is CC([O-])=Nc1cc(Nc2nc(F)nc(NCCCNc3nc(F)nc(Nc4cc(S(=O)(=O)[O-])c5cccc(S(=O)(=O)[O-])c5c4)n3)n2)ccc1N=Nc1cc(S(=O)(=O)O)c2cccc(S(=O)(=O)[O-])c2c1.[Na+].[Na+].[Na+].[Na+]. The smallest absolute Gasteiger partial charge is 0.862 e. The van der Waals surface area contributed by atoms with Crippen LogP contribution in [0.4, 0.5) is 61.0 Å². The summed E-state index contributed by atoms with van der Waals surface area (Å²) in [4.78, 5) is 22.8. The van der Waals surface area contributed by atoms with Crippen LogP contribution >= 0.6 is 0 Å². The molecule has 5 N–H and O–H groups in total. The Morgan fingerprint density at radius 1 is 0.548 bits per heavy atom. The third kappa shape index (κ3) is 16.7. The van der Waals surface area contributed by atoms with Crippen molar-refractivity contribution < 1.29 is 184 Å². The molecule has 0 saturated heterocycles. The molecule has 7 rings (SSSR count). The van der Waals surface area contributed by atoms with Crippen LogP contribution in [0.5, 0.6) is 0 Å². The van der Waals surface area contributed by atoms with E-state index in [1.54, 1.807) is 0 Å². The third-order valence-corrected chi connectivity index (χ3v) is 12.6. The first kappa shape index (κ1) is 63.7. The fourth-order valence-electron chi connectivity index (χ4n) is 6.39. The van der Waals surface area contributed by atoms with Gasteiger partial charge in [0.05, 0.1) is 26.1 Å². The Labute approximate surface area is 501 Å². The topological polar surface area (TPSA) is 412 Å². The zero-order valence-electron chi connectivity index (χ0n) is 38.4. The van der Waals surface area contributed by atoms with E-state index in [-0.39, 0.29) is 200 Å². The second-order valence-corrected chi connectivity index (χ2v) is 19.4. The first-order valence-electron chi connectivity index (χ1n) is 18.9. The summed E-state index contributed by atoms with van der Waals surface area (Å²) in [5.74, 6) is -2.14. The summed E-state index contributed by atoms with van der Waals surface area (Å²) in [5, 5.41) is 29.2. The number of rotatable bonds is 17. The van der Waals surface area contributed by atoms with Gasteiger partial charge in [-0.3, -0.25) is 9.55 Å². The molecule has 5 aromatic carbocycles. The Hall–Kier alpha value is -3.59. The average molecular weight is 1120 g/mol. The maximum Gasteiger partial charge on any atom is 1.00 e. The van der Waals surface area contributed by atoms with E-state index < -0.39 is 89.4 Å². The number of benzene rings is 5. The molecular formula is C37H27F2N13Na4O13S4. The van der Waals surface area contributed by atoms with Crippen molar-refractivity contribution in [2.75, 3.05) is 34.4 Å². The molecule has 0 aliphatic heterocycles. The van der Waals surface area contributed by atoms with E-state index in [1.165, 1.54) is 24.3 Å². The van der Waals surface area contributed by atoms with Crippen LogP contribution in [0.1, 0.15) is 13.3 Å². The van der Waals surface area contributed by atoms with E-state index >= 15 is 0 Å². The summed E-state index contributed by atoms with van der Waals surface area (Å²) < 4.78 is 171. The van der Waals surface area contributed by atoms with E-state index in [0.29, 0.717) is 0 Å². The van der Waals surface area contributed by atoms with Gasteiger partial charge in [-0.25, -0.2) is 25.3 Å². The number of hydrogen-bond acceptors (Lipinski definition) is 25. The largest absolute Gasteiger partial charge is 1.00 e. The number of fused-ring (bicyclic) bond motifs is 2. The number of nitrogens with one attached hydrogen (secondary N) is 4. The summed E-state index contributed by atoms with van der Waals surface area (Å²) in [5.41, 5.74) is -0.697. The first-order chi connectivity index (χ1) is 32.3. The molecule has 7 aromatic rings. The van der Waals surface area contributed by atoms with Crippen molar-refractivity contribution in [1.29, 1.82) is 0 Å². The quantitative estimate of drug-likeness (QED) is 0.0141. The summed E-state index contributed by atoms with van der Waals surface area (Å²) in [7, 11) is -20.5. The van der Waals surface area contributed by atoms with E-state index in [4.69, 9.17) is 0 Å². The number of azo groups is 1. The monoisotopic (exact) mass is 1120 g/mol. The maximum absolute atomic E-state index is 14.6. The van der Waals surface area contributed by atoms with E-state index in [0.717, 1.165) is 61.5 Å². The maximum atomic E-state index is 14.6. The summed E-state index contributed by atoms with van der Waals surface area (Å²) in [6, 6.07) is 14.0. The van der Waals surface area contributed by atoms with Crippen LogP contribution < -0.4 is 145 Å². The number of hydrogen-bond donors (Lipinski definition) is 5. The van der Waals surface area contributed by atoms with Crippen molar-refractivity contribution in [3.63, 3.8) is 0 Å². The Morgan fingerprint density at radius 2 is 1.03 bits per heavy atom. The van der Waals surface area contributed by atoms with E-state index in [2.05, 4.69) is 66.4 Å². The van der Waals surface area contributed by atoms with Crippen molar-refractivity contribution in [3.05, 3.63) is 91.0 Å². The average Bonchev–Trinajstić information content (AvgIpc) is 3.23. The normalized spacial score (nSPS) is 12.0. The molecule has 0 aliphatic carbocycles. The fourth-order valence-corrected chi connectivity index (χ4v) is 9.20. The van der Waals surface area contributed by atoms with Gasteiger partial charge in [-0.15, -0.1) is 5.11 Å². The molecule has 0 unspecified atom stereocenters. The molecule has 26 nitrogen and oxygen atoms in total. The molecule has 0 amide bonds. The molecule has 0 spiro atoms. The minimum absolute atomic E-state index is 0. The zero-order chi connectivity index (χ0) is 50.1. The summed E-state index contributed by atoms with van der Waals surface area (Å²) >= 11 is 0. The Morgan fingerprint density at radius 3 is 1.52 bits per heavy atom. The van der Waals surface area contributed by atoms with E-state index in [1.807, 2.05) is 0 Å². The summed E-state index contributed by atoms with van der Waals surface area (Å²) in [6.45, 7) is 1.20. The molecule has 0 bridgehead atoms. The van der Waals surface area contributed by atoms with Crippen LogP contribution in [0.15, 0.2) is 114 Å². The van der Waals surface area contributed by atoms with Crippen molar-refractivity contribution in [3.8, 4) is 0 Å². The Bertz CT molecular complexity index is 3760. The molecule has 360 valence electrons. The number of aliphatic imine (C=N–C) groups is 1. The van der Waals surface area contributed by atoms with Crippen LogP contribution in [0, 0.1) is 12.2 Å². The molecule has 0 aliphatic rings. The van der Waals surface area contributed by atoms with Crippen molar-refractivity contribution >= 4 is 120 Å². The number of aromatic nitrogens is 6. The minimum Gasteiger partial charge on any atom is -0.862 e. The Kier molecular flexibility index (Phi) is 22.7. The zero-order valence-corrected chi connectivity index (χ0v) is 49.7. The third-order valence-electron chi connectivity index (χ3n) is 9.08. The Balaban J connectivity index is 0.00000352. The first-order valence-corrected chi connectivity index (χ1v) is 24.6. The van der Waals surface area contributed by atoms with Crippen LogP contribution in [0.2, 0.25) is 0 Å². The van der Waals surface area contributed by atoms with E-state index in [9.17, 15) is 65.8 Å². The molecule has 0 atom stereocenters. The van der Waals surface area contributed by atoms with Gasteiger partial charge in [-0.2, -0.15) is 52.2 Å². The van der Waals surface area contributed by atoms with Gasteiger partial charge in [0.25, 0.3) is 10.1 Å². The second kappa shape index (κ2) is 26.0. The van der Waals surface area contributed by atoms with Gasteiger partial charge in [-0.1, -0.05) is 24.3 Å². The second-order valence-electron chi connectivity index (χ2n) is 14.0. The standard InChI is InChI=1S/C37H31F2N13O13S4.4Na/c1-18(53)42-27-15-19(9-10-26(27)52-51-21-14-25-23(31(17-21)69(63,64)65)6-3-8-29(25)67(57,58)59)43-36-47-32(38)45-34(49-36)40-11-4-12-41-35-46-33(39)48-37(50-35)44-20-13-24-22(30(16-20)68(60,61)62)5-2-7-28(24)66(54,55)56;;;;/h2-3,5-10,13-17H,4,11-12H2,1H3,(H,42,53)(H,54,55,56)(H,57,58,59)(H,60,61,62)(H,63,64,65)(H2,40,43,45,47,49)(H2,41,44,46,48,50);;;;/q;4*+1/p-4. The molecule has 0 saturated carbocycles. The molecular weight excluding hydrogens is 1090 g/mol. The van der Waals surface area contributed by atoms with Gasteiger partial charge in [0.15, 0.2) is 0 Å². The van der Waals surface area contributed by atoms with Crippen LogP contribution in [-0.2, 0) is 40.5 Å². The molecule has 0 fully saturated rings. The minimum atomic E-state index is -5.23. The van der Waals surface area contributed by atoms with Gasteiger partial charge in [0.2, 0.25) is 23.8 Å². The predicted molar refractivity (Wildman–Crippen MR) is 233 cm³/mol. The number of nitrogens with zero attached hydrogens (tertiary/aromatic N) is 9. The van der Waals surface area contributed by atoms with Gasteiger partial charge < -0.3 is 40.0 Å². The fraction of sp³-hybridized carbons (Fsp3) is 0.108. The van der Waals surface area contributed by atoms with Crippen LogP contribution in [-0.4, -0.2) is 101 Å². The number of anilines is 6. The van der Waals surface area contributed by atoms with Crippen LogP contribution in [0.3, 0.4) is 0 Å². The summed E-state index contributed by atoms with van der Waals surface area (Å²) in [6.07, 6.45) is -2.34. The molecule has 0 radical (unpaired) electrons. The predicted octanol–water partition coefficient (Wildman–Crippen LogP) is -8.16. The van der Waals surface area contributed by atoms with Crippen LogP contribution in [0.25, 0.3) is 21.5 Å². The van der Waals surface area contributed by atoms with Gasteiger partial charge in [0.1, 0.15) is 40.9 Å². The van der Waals surface area contributed by atoms with Gasteiger partial charge >= 0.3 is 130 Å². The van der Waals surface area contributed by atoms with Gasteiger partial charge in [-0.05, 0) is 73.8 Å². The molecule has 36 heteroatoms.